The van der Waals surface area contributed by atoms with Crippen molar-refractivity contribution in [2.75, 3.05) is 12.0 Å². The maximum atomic E-state index is 2.23. The van der Waals surface area contributed by atoms with Gasteiger partial charge in [0.2, 0.25) is 0 Å². The van der Waals surface area contributed by atoms with Crippen LogP contribution in [0.3, 0.4) is 0 Å². The van der Waals surface area contributed by atoms with E-state index in [0.717, 1.165) is 5.92 Å². The fraction of sp³-hybridized carbons (Fsp3) is 1.00. The average Bonchev–Trinajstić information content (AvgIpc) is 1.35. The van der Waals surface area contributed by atoms with E-state index in [-0.39, 0.29) is 14.9 Å². The number of hydrogen-bond donors (Lipinski definition) is 0. The van der Waals surface area contributed by atoms with Gasteiger partial charge in [-0.1, -0.05) is 28.7 Å². The maximum Gasteiger partial charge on any atom is -0.00472 e. The highest BCUT2D eigenvalue weighted by atomic mass is 32.2. The minimum Gasteiger partial charge on any atom is -0.165 e. The lowest BCUT2D eigenvalue weighted by Crippen LogP contribution is -1.87. The Kier molecular flexibility index (Phi) is 20.4. The molecule has 1 heteroatoms. The second-order valence-electron chi connectivity index (χ2n) is 1.85. The molecule has 0 aromatic carbocycles. The van der Waals surface area contributed by atoms with Gasteiger partial charge in [-0.05, 0) is 17.9 Å². The van der Waals surface area contributed by atoms with Gasteiger partial charge in [-0.15, -0.1) is 0 Å². The summed E-state index contributed by atoms with van der Waals surface area (Å²) in [6, 6.07) is 0. The summed E-state index contributed by atoms with van der Waals surface area (Å²) in [7, 11) is 0. The molecule has 0 atom stereocenters. The lowest BCUT2D eigenvalue weighted by Gasteiger charge is -1.95. The van der Waals surface area contributed by atoms with E-state index in [4.69, 9.17) is 0 Å². The van der Waals surface area contributed by atoms with Crippen LogP contribution in [0.25, 0.3) is 0 Å². The van der Waals surface area contributed by atoms with Crippen LogP contribution < -0.4 is 0 Å². The summed E-state index contributed by atoms with van der Waals surface area (Å²) >= 11 is 1.91. The van der Waals surface area contributed by atoms with Gasteiger partial charge in [-0.2, -0.15) is 11.8 Å². The van der Waals surface area contributed by atoms with Gasteiger partial charge in [-0.3, -0.25) is 0 Å². The number of hydrogen-bond acceptors (Lipinski definition) is 1. The molecule has 0 unspecified atom stereocenters. The highest BCUT2D eigenvalue weighted by Crippen LogP contribution is 2.00. The molecular formula is C7H20S. The third kappa shape index (κ3) is 16.2. The Labute approximate surface area is 59.1 Å². The van der Waals surface area contributed by atoms with Crippen LogP contribution in [0.2, 0.25) is 0 Å². The van der Waals surface area contributed by atoms with Crippen molar-refractivity contribution in [2.24, 2.45) is 5.92 Å². The molecule has 0 bridgehead atoms. The van der Waals surface area contributed by atoms with Gasteiger partial charge in [0.25, 0.3) is 0 Å². The molecule has 0 spiro atoms. The normalized spacial score (nSPS) is 7.50. The quantitative estimate of drug-likeness (QED) is 0.561. The van der Waals surface area contributed by atoms with Crippen molar-refractivity contribution in [1.29, 1.82) is 0 Å². The zero-order chi connectivity index (χ0) is 4.99. The van der Waals surface area contributed by atoms with Crippen LogP contribution in [0.5, 0.6) is 0 Å². The summed E-state index contributed by atoms with van der Waals surface area (Å²) in [4.78, 5) is 0. The molecule has 0 aliphatic heterocycles. The monoisotopic (exact) mass is 136 g/mol. The van der Waals surface area contributed by atoms with E-state index in [1.807, 2.05) is 11.8 Å². The molecule has 0 saturated carbocycles. The average molecular weight is 136 g/mol. The van der Waals surface area contributed by atoms with Gasteiger partial charge >= 0.3 is 0 Å². The summed E-state index contributed by atoms with van der Waals surface area (Å²) in [5.41, 5.74) is 0. The van der Waals surface area contributed by atoms with Crippen LogP contribution in [0.15, 0.2) is 0 Å². The summed E-state index contributed by atoms with van der Waals surface area (Å²) in [6.45, 7) is 4.47. The highest BCUT2D eigenvalue weighted by molar-refractivity contribution is 7.98. The van der Waals surface area contributed by atoms with Crippen molar-refractivity contribution in [3.8, 4) is 0 Å². The largest absolute Gasteiger partial charge is 0.165 e. The van der Waals surface area contributed by atoms with E-state index >= 15 is 0 Å². The molecule has 0 N–H and O–H groups in total. The summed E-state index contributed by atoms with van der Waals surface area (Å²) in [6.07, 6.45) is 2.14. The standard InChI is InChI=1S/C5H12S.2CH4/c1-5(2)4-6-3;;/h5H,4H2,1-3H3;2*1H4. The third-order valence-corrected chi connectivity index (χ3v) is 1.50. The Morgan fingerprint density at radius 1 is 1.25 bits per heavy atom. The predicted molar refractivity (Wildman–Crippen MR) is 46.7 cm³/mol. The fourth-order valence-electron chi connectivity index (χ4n) is 0.333. The van der Waals surface area contributed by atoms with Gasteiger partial charge in [-0.25, -0.2) is 0 Å². The van der Waals surface area contributed by atoms with E-state index in [1.165, 1.54) is 5.75 Å². The van der Waals surface area contributed by atoms with Gasteiger partial charge in [0, 0.05) is 0 Å². The molecule has 0 aromatic rings. The van der Waals surface area contributed by atoms with Crippen LogP contribution in [-0.4, -0.2) is 12.0 Å². The van der Waals surface area contributed by atoms with Crippen LogP contribution >= 0.6 is 11.8 Å². The predicted octanol–water partition coefficient (Wildman–Crippen LogP) is 3.28. The van der Waals surface area contributed by atoms with Crippen LogP contribution in [0, 0.1) is 5.92 Å². The van der Waals surface area contributed by atoms with Gasteiger partial charge in [0.05, 0.1) is 0 Å². The first kappa shape index (κ1) is 15.8. The zero-order valence-electron chi connectivity index (χ0n) is 4.69. The Morgan fingerprint density at radius 2 is 1.62 bits per heavy atom. The van der Waals surface area contributed by atoms with Crippen LogP contribution in [-0.2, 0) is 0 Å². The first-order chi connectivity index (χ1) is 2.77. The van der Waals surface area contributed by atoms with E-state index in [1.54, 1.807) is 0 Å². The lowest BCUT2D eigenvalue weighted by atomic mass is 10.3. The van der Waals surface area contributed by atoms with E-state index in [0.29, 0.717) is 0 Å². The van der Waals surface area contributed by atoms with Crippen molar-refractivity contribution in [3.05, 3.63) is 0 Å². The molecule has 0 heterocycles. The maximum absolute atomic E-state index is 2.23. The summed E-state index contributed by atoms with van der Waals surface area (Å²) in [5, 5.41) is 0. The Balaban J connectivity index is -0.000000125. The molecule has 0 nitrogen and oxygen atoms in total. The first-order valence-electron chi connectivity index (χ1n) is 2.26. The Morgan fingerprint density at radius 3 is 1.62 bits per heavy atom. The van der Waals surface area contributed by atoms with Crippen molar-refractivity contribution in [1.82, 2.24) is 0 Å². The van der Waals surface area contributed by atoms with E-state index in [9.17, 15) is 0 Å². The topological polar surface area (TPSA) is 0 Å². The molecule has 0 aliphatic rings. The first-order valence-corrected chi connectivity index (χ1v) is 3.65. The van der Waals surface area contributed by atoms with Crippen LogP contribution in [0.1, 0.15) is 28.7 Å². The molecule has 0 saturated heterocycles. The molecule has 8 heavy (non-hydrogen) atoms. The fourth-order valence-corrected chi connectivity index (χ4v) is 1.00. The Bertz CT molecular complexity index is 25.6. The minimum atomic E-state index is 0. The van der Waals surface area contributed by atoms with E-state index in [2.05, 4.69) is 20.1 Å². The van der Waals surface area contributed by atoms with E-state index < -0.39 is 0 Å². The second kappa shape index (κ2) is 10.4. The molecular weight excluding hydrogens is 116 g/mol. The number of thioether (sulfide) groups is 1. The number of rotatable bonds is 2. The SMILES string of the molecule is C.C.CSCC(C)C. The molecule has 0 rings (SSSR count). The molecule has 0 amide bonds. The Hall–Kier alpha value is 0.350. The van der Waals surface area contributed by atoms with Crippen LogP contribution in [0.4, 0.5) is 0 Å². The zero-order valence-corrected chi connectivity index (χ0v) is 5.51. The smallest absolute Gasteiger partial charge is 0.00472 e. The molecule has 0 radical (unpaired) electrons. The van der Waals surface area contributed by atoms with Crippen molar-refractivity contribution in [2.45, 2.75) is 28.7 Å². The molecule has 0 aromatic heterocycles. The second-order valence-corrected chi connectivity index (χ2v) is 2.76. The summed E-state index contributed by atoms with van der Waals surface area (Å²) < 4.78 is 0. The van der Waals surface area contributed by atoms with Gasteiger partial charge in [0.15, 0.2) is 0 Å². The lowest BCUT2D eigenvalue weighted by molar-refractivity contribution is 0.751. The third-order valence-electron chi connectivity index (χ3n) is 0.500. The van der Waals surface area contributed by atoms with Crippen molar-refractivity contribution >= 4 is 11.8 Å². The van der Waals surface area contributed by atoms with Crippen molar-refractivity contribution in [3.63, 3.8) is 0 Å². The highest BCUT2D eigenvalue weighted by Gasteiger charge is 1.85. The summed E-state index contributed by atoms with van der Waals surface area (Å²) in [5.74, 6) is 2.15. The minimum absolute atomic E-state index is 0. The molecule has 54 valence electrons. The van der Waals surface area contributed by atoms with Gasteiger partial charge in [0.1, 0.15) is 0 Å². The van der Waals surface area contributed by atoms with Gasteiger partial charge < -0.3 is 0 Å². The van der Waals surface area contributed by atoms with Crippen molar-refractivity contribution < 1.29 is 0 Å². The molecule has 0 aliphatic carbocycles. The molecule has 0 fully saturated rings.